The average Bonchev–Trinajstić information content (AvgIpc) is 2.00. The van der Waals surface area contributed by atoms with Crippen molar-refractivity contribution < 1.29 is 34.8 Å². The van der Waals surface area contributed by atoms with Crippen molar-refractivity contribution in [3.63, 3.8) is 0 Å². The van der Waals surface area contributed by atoms with Gasteiger partial charge in [-0.1, -0.05) is 0 Å². The Morgan fingerprint density at radius 3 is 1.86 bits per heavy atom. The fourth-order valence-corrected chi connectivity index (χ4v) is 0.926. The Morgan fingerprint density at radius 1 is 1.21 bits per heavy atom. The average molecular weight is 224 g/mol. The SMILES string of the molecule is O=C(O)C[C@@](O)(C(=O)O)[C@H](S)C(=O)O. The predicted octanol–water partition coefficient (Wildman–Crippen LogP) is -1.34. The lowest BCUT2D eigenvalue weighted by molar-refractivity contribution is -0.169. The van der Waals surface area contributed by atoms with E-state index in [4.69, 9.17) is 15.3 Å². The van der Waals surface area contributed by atoms with E-state index in [1.54, 1.807) is 0 Å². The summed E-state index contributed by atoms with van der Waals surface area (Å²) in [5.41, 5.74) is -2.92. The summed E-state index contributed by atoms with van der Waals surface area (Å²) in [5, 5.41) is 32.4. The number of rotatable bonds is 5. The zero-order valence-corrected chi connectivity index (χ0v) is 7.64. The van der Waals surface area contributed by atoms with Crippen molar-refractivity contribution >= 4 is 30.5 Å². The summed E-state index contributed by atoms with van der Waals surface area (Å²) < 4.78 is 0. The highest BCUT2D eigenvalue weighted by atomic mass is 32.1. The highest BCUT2D eigenvalue weighted by molar-refractivity contribution is 7.82. The van der Waals surface area contributed by atoms with Crippen LogP contribution in [0.3, 0.4) is 0 Å². The van der Waals surface area contributed by atoms with Gasteiger partial charge < -0.3 is 20.4 Å². The number of carboxylic acids is 3. The van der Waals surface area contributed by atoms with E-state index in [0.717, 1.165) is 0 Å². The van der Waals surface area contributed by atoms with E-state index in [0.29, 0.717) is 0 Å². The molecule has 0 aromatic heterocycles. The molecule has 0 unspecified atom stereocenters. The number of hydrogen-bond donors (Lipinski definition) is 5. The number of hydrogen-bond acceptors (Lipinski definition) is 5. The van der Waals surface area contributed by atoms with Gasteiger partial charge in [-0.15, -0.1) is 0 Å². The molecule has 0 saturated carbocycles. The fourth-order valence-electron chi connectivity index (χ4n) is 0.724. The van der Waals surface area contributed by atoms with Crippen LogP contribution in [-0.2, 0) is 14.4 Å². The van der Waals surface area contributed by atoms with E-state index in [-0.39, 0.29) is 0 Å². The van der Waals surface area contributed by atoms with Crippen LogP contribution in [0.1, 0.15) is 6.42 Å². The standard InChI is InChI=1S/C6H8O7S/c7-2(8)1-6(13,5(11)12)3(14)4(9)10/h3,13-14H,1H2,(H,7,8)(H,9,10)(H,11,12)/t3-,6+/m1/s1. The molecule has 14 heavy (non-hydrogen) atoms. The molecule has 0 spiro atoms. The minimum absolute atomic E-state index is 1.23. The number of carbonyl (C=O) groups is 3. The lowest BCUT2D eigenvalue weighted by atomic mass is 9.95. The Kier molecular flexibility index (Phi) is 3.90. The molecule has 0 radical (unpaired) electrons. The van der Waals surface area contributed by atoms with Gasteiger partial charge in [0.2, 0.25) is 0 Å². The minimum atomic E-state index is -2.92. The van der Waals surface area contributed by atoms with E-state index in [1.165, 1.54) is 0 Å². The van der Waals surface area contributed by atoms with Crippen molar-refractivity contribution in [2.45, 2.75) is 17.3 Å². The first-order valence-electron chi connectivity index (χ1n) is 3.30. The molecule has 7 nitrogen and oxygen atoms in total. The zero-order valence-electron chi connectivity index (χ0n) is 6.75. The topological polar surface area (TPSA) is 132 Å². The van der Waals surface area contributed by atoms with Crippen LogP contribution in [0.15, 0.2) is 0 Å². The molecule has 0 aromatic rings. The van der Waals surface area contributed by atoms with Crippen molar-refractivity contribution in [1.82, 2.24) is 0 Å². The van der Waals surface area contributed by atoms with E-state index >= 15 is 0 Å². The first kappa shape index (κ1) is 12.7. The summed E-state index contributed by atoms with van der Waals surface area (Å²) in [5.74, 6) is -5.28. The van der Waals surface area contributed by atoms with Gasteiger partial charge >= 0.3 is 17.9 Å². The Labute approximate surface area is 83.4 Å². The normalized spacial score (nSPS) is 16.7. The fraction of sp³-hybridized carbons (Fsp3) is 0.500. The van der Waals surface area contributed by atoms with Gasteiger partial charge in [0.15, 0.2) is 5.60 Å². The van der Waals surface area contributed by atoms with Crippen molar-refractivity contribution in [1.29, 1.82) is 0 Å². The summed E-state index contributed by atoms with van der Waals surface area (Å²) in [4.78, 5) is 31.0. The highest BCUT2D eigenvalue weighted by Gasteiger charge is 2.48. The molecular formula is C6H8O7S. The first-order valence-corrected chi connectivity index (χ1v) is 3.82. The molecule has 0 heterocycles. The van der Waals surface area contributed by atoms with Crippen LogP contribution < -0.4 is 0 Å². The summed E-state index contributed by atoms with van der Waals surface area (Å²) in [6, 6.07) is 0. The van der Waals surface area contributed by atoms with Crippen molar-refractivity contribution in [2.75, 3.05) is 0 Å². The Balaban J connectivity index is 4.99. The summed E-state index contributed by atoms with van der Waals surface area (Å²) in [6.07, 6.45) is -1.23. The maximum Gasteiger partial charge on any atom is 0.338 e. The molecule has 0 fully saturated rings. The van der Waals surface area contributed by atoms with Crippen LogP contribution in [0.5, 0.6) is 0 Å². The molecule has 8 heteroatoms. The lowest BCUT2D eigenvalue weighted by Gasteiger charge is -2.24. The Morgan fingerprint density at radius 2 is 1.64 bits per heavy atom. The molecule has 0 rings (SSSR count). The third-order valence-electron chi connectivity index (χ3n) is 1.48. The van der Waals surface area contributed by atoms with Crippen LogP contribution in [0.2, 0.25) is 0 Å². The number of carboxylic acid groups (broad SMARTS) is 3. The quantitative estimate of drug-likeness (QED) is 0.365. The van der Waals surface area contributed by atoms with Crippen molar-refractivity contribution in [3.05, 3.63) is 0 Å². The molecule has 0 bridgehead atoms. The van der Waals surface area contributed by atoms with Gasteiger partial charge in [-0.25, -0.2) is 4.79 Å². The Bertz CT molecular complexity index is 275. The van der Waals surface area contributed by atoms with Gasteiger partial charge in [-0.2, -0.15) is 12.6 Å². The third-order valence-corrected chi connectivity index (χ3v) is 2.13. The second kappa shape index (κ2) is 4.29. The van der Waals surface area contributed by atoms with Gasteiger partial charge in [0.1, 0.15) is 5.25 Å². The molecule has 4 N–H and O–H groups in total. The van der Waals surface area contributed by atoms with Gasteiger partial charge in [0.05, 0.1) is 6.42 Å². The minimum Gasteiger partial charge on any atom is -0.481 e. The predicted molar refractivity (Wildman–Crippen MR) is 45.2 cm³/mol. The molecule has 2 atom stereocenters. The van der Waals surface area contributed by atoms with E-state index in [1.807, 2.05) is 0 Å². The molecule has 0 saturated heterocycles. The second-order valence-electron chi connectivity index (χ2n) is 2.54. The zero-order chi connectivity index (χ0) is 11.5. The van der Waals surface area contributed by atoms with Gasteiger partial charge in [-0.3, -0.25) is 9.59 Å². The van der Waals surface area contributed by atoms with Crippen LogP contribution in [0.25, 0.3) is 0 Å². The maximum atomic E-state index is 10.5. The Hall–Kier alpha value is -1.28. The molecule has 0 amide bonds. The summed E-state index contributed by atoms with van der Waals surface area (Å²) in [6.45, 7) is 0. The van der Waals surface area contributed by atoms with E-state index < -0.39 is 35.2 Å². The lowest BCUT2D eigenvalue weighted by Crippen LogP contribution is -2.51. The number of aliphatic carboxylic acids is 3. The van der Waals surface area contributed by atoms with Crippen molar-refractivity contribution in [2.24, 2.45) is 0 Å². The monoisotopic (exact) mass is 224 g/mol. The highest BCUT2D eigenvalue weighted by Crippen LogP contribution is 2.21. The summed E-state index contributed by atoms with van der Waals surface area (Å²) >= 11 is 3.33. The van der Waals surface area contributed by atoms with E-state index in [2.05, 4.69) is 12.6 Å². The molecular weight excluding hydrogens is 216 g/mol. The van der Waals surface area contributed by atoms with Gasteiger partial charge in [0.25, 0.3) is 0 Å². The molecule has 80 valence electrons. The molecule has 0 aliphatic rings. The number of thiol groups is 1. The third kappa shape index (κ3) is 2.60. The van der Waals surface area contributed by atoms with Crippen molar-refractivity contribution in [3.8, 4) is 0 Å². The molecule has 0 aliphatic heterocycles. The molecule has 0 aliphatic carbocycles. The maximum absolute atomic E-state index is 10.5. The van der Waals surface area contributed by atoms with Crippen LogP contribution in [0.4, 0.5) is 0 Å². The largest absolute Gasteiger partial charge is 0.481 e. The van der Waals surface area contributed by atoms with Gasteiger partial charge in [0, 0.05) is 0 Å². The van der Waals surface area contributed by atoms with Gasteiger partial charge in [-0.05, 0) is 0 Å². The smallest absolute Gasteiger partial charge is 0.338 e. The number of aliphatic hydroxyl groups is 1. The second-order valence-corrected chi connectivity index (χ2v) is 3.06. The first-order chi connectivity index (χ1) is 6.21. The van der Waals surface area contributed by atoms with Crippen LogP contribution in [0, 0.1) is 0 Å². The van der Waals surface area contributed by atoms with E-state index in [9.17, 15) is 19.5 Å². The molecule has 0 aromatic carbocycles. The van der Waals surface area contributed by atoms with Crippen LogP contribution in [-0.4, -0.2) is 49.2 Å². The van der Waals surface area contributed by atoms with Crippen LogP contribution >= 0.6 is 12.6 Å². The summed E-state index contributed by atoms with van der Waals surface area (Å²) in [7, 11) is 0.